The van der Waals surface area contributed by atoms with Crippen molar-refractivity contribution in [1.29, 1.82) is 0 Å². The average molecular weight is 515 g/mol. The Balaban J connectivity index is 0.000000220. The van der Waals surface area contributed by atoms with E-state index >= 15 is 0 Å². The first-order valence-electron chi connectivity index (χ1n) is 13.3. The molecule has 2 heterocycles. The molecular formula is C27H42N6O4. The summed E-state index contributed by atoms with van der Waals surface area (Å²) >= 11 is 0. The van der Waals surface area contributed by atoms with Gasteiger partial charge in [-0.2, -0.15) is 0 Å². The number of amides is 4. The summed E-state index contributed by atoms with van der Waals surface area (Å²) in [6, 6.07) is 8.33. The highest BCUT2D eigenvalue weighted by Gasteiger charge is 2.28. The number of carbonyl (C=O) groups is 3. The normalized spacial score (nSPS) is 16.5. The molecule has 1 aromatic carbocycles. The molecule has 1 aromatic heterocycles. The van der Waals surface area contributed by atoms with Crippen molar-refractivity contribution in [3.8, 4) is 0 Å². The van der Waals surface area contributed by atoms with Gasteiger partial charge in [0.25, 0.3) is 0 Å². The van der Waals surface area contributed by atoms with Gasteiger partial charge in [-0.15, -0.1) is 0 Å². The summed E-state index contributed by atoms with van der Waals surface area (Å²) in [7, 11) is 0. The Kier molecular flexibility index (Phi) is 10.2. The fourth-order valence-corrected chi connectivity index (χ4v) is 4.64. The number of rotatable bonds is 5. The van der Waals surface area contributed by atoms with Crippen molar-refractivity contribution in [2.24, 2.45) is 0 Å². The molecule has 1 aliphatic heterocycles. The molecule has 204 valence electrons. The summed E-state index contributed by atoms with van der Waals surface area (Å²) < 4.78 is 7.47. The molecule has 10 heteroatoms. The third-order valence-electron chi connectivity index (χ3n) is 6.56. The highest BCUT2D eigenvalue weighted by Crippen LogP contribution is 2.18. The van der Waals surface area contributed by atoms with Gasteiger partial charge in [0.05, 0.1) is 11.0 Å². The van der Waals surface area contributed by atoms with E-state index in [1.807, 2.05) is 52.0 Å². The van der Waals surface area contributed by atoms with E-state index < -0.39 is 5.60 Å². The van der Waals surface area contributed by atoms with E-state index in [0.29, 0.717) is 45.2 Å². The van der Waals surface area contributed by atoms with E-state index in [2.05, 4.69) is 20.2 Å². The monoisotopic (exact) mass is 514 g/mol. The Bertz CT molecular complexity index is 1030. The van der Waals surface area contributed by atoms with Crippen LogP contribution in [0.5, 0.6) is 0 Å². The molecule has 1 saturated carbocycles. The second-order valence-electron chi connectivity index (χ2n) is 10.6. The molecule has 0 spiro atoms. The van der Waals surface area contributed by atoms with E-state index in [-0.39, 0.29) is 12.1 Å². The van der Waals surface area contributed by atoms with Crippen LogP contribution in [0.3, 0.4) is 0 Å². The van der Waals surface area contributed by atoms with Gasteiger partial charge in [-0.25, -0.2) is 14.6 Å². The Labute approximate surface area is 219 Å². The quantitative estimate of drug-likeness (QED) is 0.467. The first-order valence-corrected chi connectivity index (χ1v) is 13.3. The smallest absolute Gasteiger partial charge is 0.410 e. The van der Waals surface area contributed by atoms with Gasteiger partial charge in [-0.3, -0.25) is 4.79 Å². The maximum atomic E-state index is 12.3. The number of aryl methyl sites for hydroxylation is 1. The number of hydrogen-bond donors (Lipinski definition) is 2. The van der Waals surface area contributed by atoms with Crippen molar-refractivity contribution < 1.29 is 19.1 Å². The topological polar surface area (TPSA) is 109 Å². The maximum Gasteiger partial charge on any atom is 0.410 e. The van der Waals surface area contributed by atoms with Gasteiger partial charge >= 0.3 is 12.1 Å². The van der Waals surface area contributed by atoms with Gasteiger partial charge in [0, 0.05) is 45.3 Å². The van der Waals surface area contributed by atoms with Crippen molar-refractivity contribution in [3.05, 3.63) is 30.1 Å². The summed E-state index contributed by atoms with van der Waals surface area (Å²) in [6.07, 6.45) is 6.29. The number of nitrogens with zero attached hydrogens (tertiary/aromatic N) is 4. The Morgan fingerprint density at radius 3 is 2.35 bits per heavy atom. The molecule has 10 nitrogen and oxygen atoms in total. The predicted molar refractivity (Wildman–Crippen MR) is 143 cm³/mol. The Morgan fingerprint density at radius 2 is 1.70 bits per heavy atom. The lowest BCUT2D eigenvalue weighted by atomic mass is 9.96. The number of aromatic nitrogens is 2. The fourth-order valence-electron chi connectivity index (χ4n) is 4.64. The lowest BCUT2D eigenvalue weighted by Gasteiger charge is -2.36. The minimum atomic E-state index is -0.480. The van der Waals surface area contributed by atoms with Crippen LogP contribution in [0, 0.1) is 6.92 Å². The SMILES string of the molecule is CC(C)(C)OC(=O)N1CCN(C(=O)NC2CCCCC2)CC1.Cc1nc2ccccc2n1CCNC=O. The molecule has 0 atom stereocenters. The van der Waals surface area contributed by atoms with Crippen LogP contribution in [0.1, 0.15) is 58.7 Å². The zero-order valence-electron chi connectivity index (χ0n) is 22.7. The van der Waals surface area contributed by atoms with Crippen LogP contribution in [0.25, 0.3) is 11.0 Å². The largest absolute Gasteiger partial charge is 0.444 e. The number of benzene rings is 1. The number of fused-ring (bicyclic) bond motifs is 1. The van der Waals surface area contributed by atoms with Crippen LogP contribution in [0.15, 0.2) is 24.3 Å². The lowest BCUT2D eigenvalue weighted by molar-refractivity contribution is -0.109. The number of urea groups is 1. The first-order chi connectivity index (χ1) is 17.7. The molecule has 2 N–H and O–H groups in total. The van der Waals surface area contributed by atoms with Crippen LogP contribution in [-0.4, -0.2) is 82.3 Å². The number of nitrogens with one attached hydrogen (secondary N) is 2. The predicted octanol–water partition coefficient (Wildman–Crippen LogP) is 3.67. The van der Waals surface area contributed by atoms with Crippen LogP contribution < -0.4 is 10.6 Å². The van der Waals surface area contributed by atoms with Gasteiger partial charge in [-0.1, -0.05) is 31.4 Å². The molecular weight excluding hydrogens is 472 g/mol. The number of piperazine rings is 1. The fraction of sp³-hybridized carbons (Fsp3) is 0.630. The molecule has 1 saturated heterocycles. The van der Waals surface area contributed by atoms with E-state index in [4.69, 9.17) is 4.74 Å². The van der Waals surface area contributed by atoms with Crippen molar-refractivity contribution in [2.45, 2.75) is 78.0 Å². The number of para-hydroxylation sites is 2. The molecule has 2 fully saturated rings. The van der Waals surface area contributed by atoms with Gasteiger partial charge in [0.2, 0.25) is 6.41 Å². The summed E-state index contributed by atoms with van der Waals surface area (Å²) in [5, 5.41) is 5.77. The first kappa shape index (κ1) is 28.3. The van der Waals surface area contributed by atoms with E-state index in [9.17, 15) is 14.4 Å². The molecule has 0 unspecified atom stereocenters. The Hall–Kier alpha value is -3.30. The molecule has 0 bridgehead atoms. The number of ether oxygens (including phenoxy) is 1. The van der Waals surface area contributed by atoms with E-state index in [0.717, 1.165) is 36.2 Å². The number of imidazole rings is 1. The average Bonchev–Trinajstić information content (AvgIpc) is 3.19. The van der Waals surface area contributed by atoms with E-state index in [1.165, 1.54) is 19.3 Å². The lowest BCUT2D eigenvalue weighted by Crippen LogP contribution is -2.55. The zero-order valence-corrected chi connectivity index (χ0v) is 22.7. The van der Waals surface area contributed by atoms with Crippen molar-refractivity contribution in [1.82, 2.24) is 30.0 Å². The van der Waals surface area contributed by atoms with Crippen LogP contribution >= 0.6 is 0 Å². The minimum absolute atomic E-state index is 0.00994. The minimum Gasteiger partial charge on any atom is -0.444 e. The van der Waals surface area contributed by atoms with Gasteiger partial charge < -0.3 is 29.7 Å². The highest BCUT2D eigenvalue weighted by molar-refractivity contribution is 5.76. The standard InChI is InChI=1S/C16H29N3O3.C11H13N3O/c1-16(2,3)22-15(21)19-11-9-18(10-12-19)14(20)17-13-7-5-4-6-8-13;1-9-13-10-4-2-3-5-11(10)14(9)7-6-12-8-15/h13H,4-12H2,1-3H3,(H,17,20);2-5,8H,6-7H2,1H3,(H,12,15). The molecule has 0 radical (unpaired) electrons. The summed E-state index contributed by atoms with van der Waals surface area (Å²) in [5.41, 5.74) is 1.64. The van der Waals surface area contributed by atoms with Crippen molar-refractivity contribution in [2.75, 3.05) is 32.7 Å². The third kappa shape index (κ3) is 8.65. The van der Waals surface area contributed by atoms with Crippen molar-refractivity contribution in [3.63, 3.8) is 0 Å². The summed E-state index contributed by atoms with van der Waals surface area (Å²) in [4.78, 5) is 42.3. The summed E-state index contributed by atoms with van der Waals surface area (Å²) in [5.74, 6) is 0.976. The molecule has 37 heavy (non-hydrogen) atoms. The van der Waals surface area contributed by atoms with Crippen LogP contribution in [-0.2, 0) is 16.1 Å². The van der Waals surface area contributed by atoms with Crippen LogP contribution in [0.2, 0.25) is 0 Å². The molecule has 2 aliphatic rings. The van der Waals surface area contributed by atoms with E-state index in [1.54, 1.807) is 9.80 Å². The maximum absolute atomic E-state index is 12.3. The third-order valence-corrected chi connectivity index (χ3v) is 6.56. The van der Waals surface area contributed by atoms with Crippen LogP contribution in [0.4, 0.5) is 9.59 Å². The van der Waals surface area contributed by atoms with Gasteiger partial charge in [0.1, 0.15) is 11.4 Å². The van der Waals surface area contributed by atoms with Gasteiger partial charge in [0.15, 0.2) is 0 Å². The Morgan fingerprint density at radius 1 is 1.05 bits per heavy atom. The molecule has 4 amide bonds. The highest BCUT2D eigenvalue weighted by atomic mass is 16.6. The zero-order chi connectivity index (χ0) is 26.8. The number of carbonyl (C=O) groups excluding carboxylic acids is 3. The van der Waals surface area contributed by atoms with Gasteiger partial charge in [-0.05, 0) is 52.7 Å². The second kappa shape index (κ2) is 13.3. The summed E-state index contributed by atoms with van der Waals surface area (Å²) in [6.45, 7) is 11.1. The number of hydrogen-bond acceptors (Lipinski definition) is 5. The molecule has 2 aromatic rings. The molecule has 4 rings (SSSR count). The second-order valence-corrected chi connectivity index (χ2v) is 10.6. The van der Waals surface area contributed by atoms with Crippen molar-refractivity contribution >= 4 is 29.6 Å². The molecule has 1 aliphatic carbocycles.